The minimum absolute atomic E-state index is 0.124. The molecule has 0 saturated carbocycles. The van der Waals surface area contributed by atoms with Gasteiger partial charge in [-0.05, 0) is 51.2 Å². The van der Waals surface area contributed by atoms with Crippen molar-refractivity contribution in [3.63, 3.8) is 0 Å². The molecule has 0 aromatic heterocycles. The van der Waals surface area contributed by atoms with E-state index in [1.807, 2.05) is 45.2 Å². The second-order valence-corrected chi connectivity index (χ2v) is 4.08. The van der Waals surface area contributed by atoms with Crippen LogP contribution in [0.25, 0.3) is 0 Å². The molecule has 54 valence electrons. The molecule has 0 heterocycles. The van der Waals surface area contributed by atoms with Gasteiger partial charge in [0.25, 0.3) is 0 Å². The van der Waals surface area contributed by atoms with Gasteiger partial charge < -0.3 is 10.2 Å². The van der Waals surface area contributed by atoms with Crippen molar-refractivity contribution in [2.45, 2.75) is 0 Å². The van der Waals surface area contributed by atoms with Crippen molar-refractivity contribution in [1.29, 1.82) is 0 Å². The zero-order valence-corrected chi connectivity index (χ0v) is 9.12. The Hall–Kier alpha value is 0.280. The Morgan fingerprint density at radius 2 is 1.30 bits per heavy atom. The molecule has 0 aliphatic carbocycles. The van der Waals surface area contributed by atoms with Gasteiger partial charge in [0.1, 0.15) is 11.5 Å². The maximum atomic E-state index is 9.05. The van der Waals surface area contributed by atoms with Crippen LogP contribution in [0.3, 0.4) is 0 Å². The Kier molecular flexibility index (Phi) is 2.61. The monoisotopic (exact) mass is 362 g/mol. The third-order valence-corrected chi connectivity index (χ3v) is 2.74. The van der Waals surface area contributed by atoms with Gasteiger partial charge in [-0.15, -0.1) is 0 Å². The number of rotatable bonds is 0. The van der Waals surface area contributed by atoms with Crippen molar-refractivity contribution in [2.75, 3.05) is 0 Å². The van der Waals surface area contributed by atoms with E-state index in [0.29, 0.717) is 0 Å². The van der Waals surface area contributed by atoms with Gasteiger partial charge in [0.15, 0.2) is 0 Å². The predicted molar refractivity (Wildman–Crippen MR) is 55.2 cm³/mol. The number of benzene rings is 1. The lowest BCUT2D eigenvalue weighted by molar-refractivity contribution is 0.445. The summed E-state index contributed by atoms with van der Waals surface area (Å²) in [5, 5.41) is 18.1. The van der Waals surface area contributed by atoms with Crippen LogP contribution in [0.4, 0.5) is 0 Å². The summed E-state index contributed by atoms with van der Waals surface area (Å²) < 4.78 is 1.50. The average molecular weight is 362 g/mol. The summed E-state index contributed by atoms with van der Waals surface area (Å²) in [7, 11) is 0. The van der Waals surface area contributed by atoms with Gasteiger partial charge in [0.2, 0.25) is 0 Å². The first kappa shape index (κ1) is 8.38. The molecule has 1 rings (SSSR count). The van der Waals surface area contributed by atoms with Gasteiger partial charge in [0.05, 0.1) is 7.14 Å². The minimum atomic E-state index is 0.124. The molecule has 10 heavy (non-hydrogen) atoms. The molecule has 0 aliphatic rings. The van der Waals surface area contributed by atoms with E-state index >= 15 is 0 Å². The van der Waals surface area contributed by atoms with Crippen LogP contribution in [-0.2, 0) is 0 Å². The molecule has 0 unspecified atom stereocenters. The van der Waals surface area contributed by atoms with Crippen molar-refractivity contribution in [3.05, 3.63) is 19.3 Å². The summed E-state index contributed by atoms with van der Waals surface area (Å²) in [5.74, 6) is 0.247. The third-order valence-electron chi connectivity index (χ3n) is 1.02. The van der Waals surface area contributed by atoms with E-state index in [4.69, 9.17) is 10.2 Å². The molecule has 2 nitrogen and oxygen atoms in total. The van der Waals surface area contributed by atoms with Crippen molar-refractivity contribution in [2.24, 2.45) is 0 Å². The van der Waals surface area contributed by atoms with Crippen LogP contribution >= 0.6 is 45.2 Å². The summed E-state index contributed by atoms with van der Waals surface area (Å²) >= 11 is 4.00. The lowest BCUT2D eigenvalue weighted by Gasteiger charge is -1.99. The Labute approximate surface area is 85.5 Å². The summed E-state index contributed by atoms with van der Waals surface area (Å²) in [4.78, 5) is 0. The van der Waals surface area contributed by atoms with Gasteiger partial charge in [-0.25, -0.2) is 0 Å². The Balaban J connectivity index is 3.28. The quantitative estimate of drug-likeness (QED) is 0.696. The Morgan fingerprint density at radius 3 is 1.60 bits per heavy atom. The predicted octanol–water partition coefficient (Wildman–Crippen LogP) is 2.31. The fraction of sp³-hybridized carbons (Fsp3) is 0. The molecule has 0 radical (unpaired) electrons. The average Bonchev–Trinajstić information content (AvgIpc) is 1.84. The summed E-state index contributed by atoms with van der Waals surface area (Å²) in [5.41, 5.74) is 0. The summed E-state index contributed by atoms with van der Waals surface area (Å²) in [6, 6.07) is 3.05. The number of halogens is 2. The number of hydrogen-bond donors (Lipinski definition) is 2. The number of hydrogen-bond acceptors (Lipinski definition) is 2. The smallest absolute Gasteiger partial charge is 0.132 e. The van der Waals surface area contributed by atoms with Crippen LogP contribution in [0.1, 0.15) is 0 Å². The van der Waals surface area contributed by atoms with Crippen LogP contribution in [0.5, 0.6) is 11.5 Å². The van der Waals surface area contributed by atoms with E-state index in [2.05, 4.69) is 0 Å². The van der Waals surface area contributed by atoms with E-state index in [1.165, 1.54) is 6.07 Å². The SMILES string of the molecule is Oc1cc(O)c(I)cc1I. The van der Waals surface area contributed by atoms with Crippen molar-refractivity contribution >= 4 is 45.2 Å². The maximum Gasteiger partial charge on any atom is 0.132 e. The normalized spacial score (nSPS) is 9.80. The van der Waals surface area contributed by atoms with Gasteiger partial charge in [-0.2, -0.15) is 0 Å². The van der Waals surface area contributed by atoms with E-state index in [-0.39, 0.29) is 11.5 Å². The molecule has 1 aromatic rings. The van der Waals surface area contributed by atoms with E-state index < -0.39 is 0 Å². The Morgan fingerprint density at radius 1 is 0.900 bits per heavy atom. The van der Waals surface area contributed by atoms with Crippen molar-refractivity contribution in [1.82, 2.24) is 0 Å². The zero-order valence-electron chi connectivity index (χ0n) is 4.81. The number of aromatic hydroxyl groups is 2. The largest absolute Gasteiger partial charge is 0.507 e. The van der Waals surface area contributed by atoms with Crippen molar-refractivity contribution in [3.8, 4) is 11.5 Å². The molecule has 4 heteroatoms. The standard InChI is InChI=1S/C6H4I2O2/c7-3-1-4(8)6(10)2-5(3)9/h1-2,9-10H. The van der Waals surface area contributed by atoms with Crippen LogP contribution < -0.4 is 0 Å². The van der Waals surface area contributed by atoms with E-state index in [1.54, 1.807) is 6.07 Å². The highest BCUT2D eigenvalue weighted by molar-refractivity contribution is 14.1. The van der Waals surface area contributed by atoms with Crippen LogP contribution in [0.15, 0.2) is 12.1 Å². The highest BCUT2D eigenvalue weighted by Crippen LogP contribution is 2.28. The summed E-state index contributed by atoms with van der Waals surface area (Å²) in [6.45, 7) is 0. The minimum Gasteiger partial charge on any atom is -0.507 e. The van der Waals surface area contributed by atoms with Crippen molar-refractivity contribution < 1.29 is 10.2 Å². The second-order valence-electron chi connectivity index (χ2n) is 1.76. The third kappa shape index (κ3) is 1.66. The van der Waals surface area contributed by atoms with Crippen LogP contribution in [0, 0.1) is 7.14 Å². The summed E-state index contributed by atoms with van der Waals surface area (Å²) in [6.07, 6.45) is 0. The Bertz CT molecular complexity index is 210. The molecular formula is C6H4I2O2. The molecule has 1 aromatic carbocycles. The second kappa shape index (κ2) is 3.12. The van der Waals surface area contributed by atoms with Crippen LogP contribution in [-0.4, -0.2) is 10.2 Å². The van der Waals surface area contributed by atoms with E-state index in [9.17, 15) is 0 Å². The molecule has 0 spiro atoms. The zero-order chi connectivity index (χ0) is 7.72. The maximum absolute atomic E-state index is 9.05. The highest BCUT2D eigenvalue weighted by Gasteiger charge is 2.02. The molecule has 0 bridgehead atoms. The van der Waals surface area contributed by atoms with Gasteiger partial charge in [0, 0.05) is 6.07 Å². The van der Waals surface area contributed by atoms with Gasteiger partial charge in [-0.1, -0.05) is 0 Å². The molecule has 0 fully saturated rings. The topological polar surface area (TPSA) is 40.5 Å². The fourth-order valence-electron chi connectivity index (χ4n) is 0.527. The number of phenolic OH excluding ortho intramolecular Hbond substituents is 2. The first-order valence-corrected chi connectivity index (χ1v) is 4.64. The van der Waals surface area contributed by atoms with E-state index in [0.717, 1.165) is 7.14 Å². The van der Waals surface area contributed by atoms with Gasteiger partial charge >= 0.3 is 0 Å². The highest BCUT2D eigenvalue weighted by atomic mass is 127. The molecular weight excluding hydrogens is 358 g/mol. The molecule has 2 N–H and O–H groups in total. The lowest BCUT2D eigenvalue weighted by Crippen LogP contribution is -1.77. The molecule has 0 saturated heterocycles. The molecule has 0 atom stereocenters. The van der Waals surface area contributed by atoms with Crippen LogP contribution in [0.2, 0.25) is 0 Å². The first-order valence-electron chi connectivity index (χ1n) is 2.48. The lowest BCUT2D eigenvalue weighted by atomic mass is 10.3. The van der Waals surface area contributed by atoms with Gasteiger partial charge in [-0.3, -0.25) is 0 Å². The number of phenols is 2. The molecule has 0 amide bonds. The first-order chi connectivity index (χ1) is 4.61. The fourth-order valence-corrected chi connectivity index (χ4v) is 2.06. The molecule has 0 aliphatic heterocycles.